The molecule has 0 aliphatic carbocycles. The Kier molecular flexibility index (Phi) is 6.52. The number of hydrogen-bond acceptors (Lipinski definition) is 2. The van der Waals surface area contributed by atoms with E-state index in [-0.39, 0.29) is 0 Å². The number of piperidine rings is 1. The van der Waals surface area contributed by atoms with Crippen molar-refractivity contribution in [2.24, 2.45) is 0 Å². The monoisotopic (exact) mass is 307 g/mol. The summed E-state index contributed by atoms with van der Waals surface area (Å²) in [5, 5.41) is 1.63. The van der Waals surface area contributed by atoms with Crippen LogP contribution in [-0.2, 0) is 6.42 Å². The lowest BCUT2D eigenvalue weighted by molar-refractivity contribution is 0.226. The molecule has 1 fully saturated rings. The Labute approximate surface area is 132 Å². The molecule has 0 spiro atoms. The van der Waals surface area contributed by atoms with E-state index in [2.05, 4.69) is 20.9 Å². The molecule has 2 aromatic rings. The van der Waals surface area contributed by atoms with Crippen LogP contribution in [0.3, 0.4) is 0 Å². The zero-order chi connectivity index (χ0) is 15.1. The molecule has 1 saturated heterocycles. The lowest BCUT2D eigenvalue weighted by Crippen LogP contribution is -2.30. The molecule has 3 nitrogen and oxygen atoms in total. The van der Waals surface area contributed by atoms with Gasteiger partial charge in [0.1, 0.15) is 5.15 Å². The van der Waals surface area contributed by atoms with Crippen LogP contribution in [0.1, 0.15) is 45.2 Å². The Hall–Kier alpha value is -1.06. The van der Waals surface area contributed by atoms with Gasteiger partial charge in [-0.15, -0.1) is 0 Å². The van der Waals surface area contributed by atoms with Gasteiger partial charge in [-0.25, -0.2) is 4.98 Å². The number of fused-ring (bicyclic) bond motifs is 1. The Bertz CT molecular complexity index is 544. The maximum atomic E-state index is 6.09. The molecule has 2 aromatic heterocycles. The summed E-state index contributed by atoms with van der Waals surface area (Å²) in [5.74, 6) is 0. The van der Waals surface area contributed by atoms with Crippen LogP contribution < -0.4 is 0 Å². The van der Waals surface area contributed by atoms with E-state index >= 15 is 0 Å². The van der Waals surface area contributed by atoms with E-state index in [1.165, 1.54) is 51.0 Å². The van der Waals surface area contributed by atoms with Crippen molar-refractivity contribution in [2.75, 3.05) is 19.6 Å². The van der Waals surface area contributed by atoms with Gasteiger partial charge in [-0.1, -0.05) is 31.9 Å². The predicted octanol–water partition coefficient (Wildman–Crippen LogP) is 4.66. The van der Waals surface area contributed by atoms with Crippen LogP contribution in [0.25, 0.3) is 10.9 Å². The highest BCUT2D eigenvalue weighted by molar-refractivity contribution is 6.34. The summed E-state index contributed by atoms with van der Waals surface area (Å²) in [6, 6.07) is 4.12. The first kappa shape index (κ1) is 16.3. The first-order valence-corrected chi connectivity index (χ1v) is 8.55. The van der Waals surface area contributed by atoms with Crippen LogP contribution in [0.15, 0.2) is 18.3 Å². The Balaban J connectivity index is 0.000000774. The quantitative estimate of drug-likeness (QED) is 0.833. The largest absolute Gasteiger partial charge is 0.358 e. The summed E-state index contributed by atoms with van der Waals surface area (Å²) < 4.78 is 0. The second-order valence-electron chi connectivity index (χ2n) is 5.36. The van der Waals surface area contributed by atoms with Gasteiger partial charge in [-0.05, 0) is 57.5 Å². The molecule has 21 heavy (non-hydrogen) atoms. The maximum Gasteiger partial charge on any atom is 0.138 e. The minimum Gasteiger partial charge on any atom is -0.358 e. The summed E-state index contributed by atoms with van der Waals surface area (Å²) in [5.41, 5.74) is 2.36. The highest BCUT2D eigenvalue weighted by Crippen LogP contribution is 2.22. The molecule has 0 aromatic carbocycles. The normalized spacial score (nSPS) is 15.8. The van der Waals surface area contributed by atoms with E-state index in [4.69, 9.17) is 11.6 Å². The minimum atomic E-state index is 0.594. The average molecular weight is 308 g/mol. The van der Waals surface area contributed by atoms with E-state index < -0.39 is 0 Å². The van der Waals surface area contributed by atoms with Gasteiger partial charge >= 0.3 is 0 Å². The highest BCUT2D eigenvalue weighted by atomic mass is 35.5. The molecule has 116 valence electrons. The lowest BCUT2D eigenvalue weighted by atomic mass is 10.1. The van der Waals surface area contributed by atoms with E-state index in [9.17, 15) is 0 Å². The van der Waals surface area contributed by atoms with Crippen LogP contribution in [0.2, 0.25) is 5.15 Å². The summed E-state index contributed by atoms with van der Waals surface area (Å²) in [7, 11) is 0. The molecule has 3 rings (SSSR count). The third-order valence-corrected chi connectivity index (χ3v) is 4.23. The van der Waals surface area contributed by atoms with Gasteiger partial charge in [-0.2, -0.15) is 0 Å². The first-order valence-electron chi connectivity index (χ1n) is 8.17. The smallest absolute Gasteiger partial charge is 0.138 e. The predicted molar refractivity (Wildman–Crippen MR) is 91.1 cm³/mol. The summed E-state index contributed by atoms with van der Waals surface area (Å²) in [6.07, 6.45) is 8.18. The molecular weight excluding hydrogens is 282 g/mol. The van der Waals surface area contributed by atoms with Gasteiger partial charge in [0.25, 0.3) is 0 Å². The maximum absolute atomic E-state index is 6.09. The molecule has 0 amide bonds. The number of rotatable bonds is 4. The number of nitrogens with zero attached hydrogens (tertiary/aromatic N) is 2. The van der Waals surface area contributed by atoms with Crippen molar-refractivity contribution in [3.63, 3.8) is 0 Å². The van der Waals surface area contributed by atoms with Gasteiger partial charge in [0.2, 0.25) is 0 Å². The zero-order valence-electron chi connectivity index (χ0n) is 13.2. The Morgan fingerprint density at radius 1 is 1.24 bits per heavy atom. The topological polar surface area (TPSA) is 31.9 Å². The van der Waals surface area contributed by atoms with Crippen LogP contribution in [-0.4, -0.2) is 34.5 Å². The number of aryl methyl sites for hydroxylation is 1. The van der Waals surface area contributed by atoms with E-state index in [0.717, 1.165) is 17.3 Å². The summed E-state index contributed by atoms with van der Waals surface area (Å²) in [6.45, 7) is 7.77. The number of hydrogen-bond donors (Lipinski definition) is 1. The average Bonchev–Trinajstić information content (AvgIpc) is 2.95. The Morgan fingerprint density at radius 3 is 2.71 bits per heavy atom. The van der Waals surface area contributed by atoms with Crippen molar-refractivity contribution >= 4 is 22.5 Å². The highest BCUT2D eigenvalue weighted by Gasteiger charge is 2.10. The molecule has 3 heterocycles. The van der Waals surface area contributed by atoms with Crippen LogP contribution >= 0.6 is 11.6 Å². The Morgan fingerprint density at radius 2 is 2.00 bits per heavy atom. The molecule has 4 heteroatoms. The van der Waals surface area contributed by atoms with Gasteiger partial charge in [-0.3, -0.25) is 0 Å². The van der Waals surface area contributed by atoms with Crippen molar-refractivity contribution in [1.29, 1.82) is 0 Å². The number of likely N-dealkylation sites (tertiary alicyclic amines) is 1. The molecule has 0 bridgehead atoms. The van der Waals surface area contributed by atoms with Gasteiger partial charge < -0.3 is 9.88 Å². The van der Waals surface area contributed by atoms with Crippen molar-refractivity contribution in [3.8, 4) is 0 Å². The van der Waals surface area contributed by atoms with Crippen molar-refractivity contribution in [2.45, 2.75) is 46.0 Å². The van der Waals surface area contributed by atoms with Crippen molar-refractivity contribution in [1.82, 2.24) is 14.9 Å². The molecule has 1 aliphatic heterocycles. The number of aromatic nitrogens is 2. The summed E-state index contributed by atoms with van der Waals surface area (Å²) in [4.78, 5) is 10.1. The fraction of sp³-hybridized carbons (Fsp3) is 0.588. The third kappa shape index (κ3) is 4.45. The molecule has 1 N–H and O–H groups in total. The van der Waals surface area contributed by atoms with Crippen LogP contribution in [0.5, 0.6) is 0 Å². The lowest BCUT2D eigenvalue weighted by Gasteiger charge is -2.26. The molecule has 0 radical (unpaired) electrons. The fourth-order valence-corrected chi connectivity index (χ4v) is 3.10. The zero-order valence-corrected chi connectivity index (χ0v) is 13.9. The van der Waals surface area contributed by atoms with E-state index in [1.807, 2.05) is 19.9 Å². The van der Waals surface area contributed by atoms with Gasteiger partial charge in [0.05, 0.1) is 5.52 Å². The standard InChI is InChI=1S/C15H20ClN3.C2H6/c16-15-13-11-12(18-14(13)6-7-17-15)5-4-10-19-8-2-1-3-9-19;1-2/h6-7,11,18H,1-5,8-10H2;1-2H3. The number of H-pyrrole nitrogens is 1. The fourth-order valence-electron chi connectivity index (χ4n) is 2.89. The molecule has 1 aliphatic rings. The van der Waals surface area contributed by atoms with Gasteiger partial charge in [0, 0.05) is 17.3 Å². The number of nitrogens with one attached hydrogen (secondary N) is 1. The molecule has 0 saturated carbocycles. The molecule has 0 unspecified atom stereocenters. The first-order chi connectivity index (χ1) is 10.3. The van der Waals surface area contributed by atoms with Gasteiger partial charge in [0.15, 0.2) is 0 Å². The second kappa shape index (κ2) is 8.40. The minimum absolute atomic E-state index is 0.594. The number of aromatic amines is 1. The van der Waals surface area contributed by atoms with E-state index in [1.54, 1.807) is 6.20 Å². The van der Waals surface area contributed by atoms with Crippen LogP contribution in [0, 0.1) is 0 Å². The SMILES string of the molecule is CC.Clc1nccc2[nH]c(CCCN3CCCCC3)cc12. The molecule has 0 atom stereocenters. The number of pyridine rings is 1. The third-order valence-electron chi connectivity index (χ3n) is 3.92. The number of halogens is 1. The van der Waals surface area contributed by atoms with E-state index in [0.29, 0.717) is 5.15 Å². The van der Waals surface area contributed by atoms with Crippen molar-refractivity contribution < 1.29 is 0 Å². The van der Waals surface area contributed by atoms with Crippen molar-refractivity contribution in [3.05, 3.63) is 29.2 Å². The molecular formula is C17H26ClN3. The second-order valence-corrected chi connectivity index (χ2v) is 5.72. The summed E-state index contributed by atoms with van der Waals surface area (Å²) >= 11 is 6.09. The van der Waals surface area contributed by atoms with Crippen LogP contribution in [0.4, 0.5) is 0 Å².